The van der Waals surface area contributed by atoms with Crippen LogP contribution in [-0.4, -0.2) is 29.3 Å². The molecule has 1 aromatic rings. The van der Waals surface area contributed by atoms with Crippen LogP contribution in [0.15, 0.2) is 30.3 Å². The molecule has 1 N–H and O–H groups in total. The van der Waals surface area contributed by atoms with E-state index >= 15 is 0 Å². The van der Waals surface area contributed by atoms with Gasteiger partial charge in [-0.3, -0.25) is 19.8 Å². The fraction of sp³-hybridized carbons (Fsp3) is 0.308. The molecule has 0 aliphatic carbocycles. The number of imide groups is 2. The van der Waals surface area contributed by atoms with Crippen LogP contribution in [-0.2, 0) is 15.0 Å². The Morgan fingerprint density at radius 2 is 1.89 bits per heavy atom. The highest BCUT2D eigenvalue weighted by atomic mass is 16.2. The van der Waals surface area contributed by atoms with E-state index in [9.17, 15) is 14.4 Å². The van der Waals surface area contributed by atoms with Crippen LogP contribution in [0.1, 0.15) is 12.5 Å². The number of carbonyl (C=O) groups is 3. The summed E-state index contributed by atoms with van der Waals surface area (Å²) in [6.07, 6.45) is 0. The van der Waals surface area contributed by atoms with Crippen molar-refractivity contribution in [3.05, 3.63) is 35.9 Å². The summed E-state index contributed by atoms with van der Waals surface area (Å²) >= 11 is 0. The van der Waals surface area contributed by atoms with Crippen LogP contribution in [0.2, 0.25) is 0 Å². The first-order valence-electron chi connectivity index (χ1n) is 5.81. The standard InChI is InChI=1S/C13H12N2O3/c1-8-7-15-11(17)13(8,10(16)14-12(15)18)9-5-3-2-4-6-9/h2-6,8H,7H2,1H3,(H,14,16,18)/t8-,13+/m1/s1. The molecule has 0 aromatic heterocycles. The highest BCUT2D eigenvalue weighted by molar-refractivity contribution is 6.24. The van der Waals surface area contributed by atoms with Gasteiger partial charge in [-0.1, -0.05) is 37.3 Å². The van der Waals surface area contributed by atoms with Gasteiger partial charge in [0.05, 0.1) is 0 Å². The Morgan fingerprint density at radius 3 is 2.56 bits per heavy atom. The van der Waals surface area contributed by atoms with Crippen molar-refractivity contribution in [3.8, 4) is 0 Å². The van der Waals surface area contributed by atoms with Crippen LogP contribution in [0.25, 0.3) is 0 Å². The number of amides is 4. The van der Waals surface area contributed by atoms with Gasteiger partial charge in [-0.2, -0.15) is 0 Å². The Bertz CT molecular complexity index is 555. The SMILES string of the molecule is C[C@@H]1CN2C(=O)NC(=O)[C@]1(c1ccccc1)C2=O. The number of rotatable bonds is 1. The van der Waals surface area contributed by atoms with E-state index in [2.05, 4.69) is 5.32 Å². The number of barbiturate groups is 1. The molecule has 1 aromatic carbocycles. The van der Waals surface area contributed by atoms with Crippen molar-refractivity contribution in [2.75, 3.05) is 6.54 Å². The topological polar surface area (TPSA) is 66.5 Å². The molecule has 0 saturated carbocycles. The average Bonchev–Trinajstić information content (AvgIpc) is 2.57. The Kier molecular flexibility index (Phi) is 2.08. The van der Waals surface area contributed by atoms with Gasteiger partial charge in [0.2, 0.25) is 5.91 Å². The minimum Gasteiger partial charge on any atom is -0.276 e. The maximum absolute atomic E-state index is 12.4. The summed E-state index contributed by atoms with van der Waals surface area (Å²) in [7, 11) is 0. The second-order valence-electron chi connectivity index (χ2n) is 4.75. The van der Waals surface area contributed by atoms with Crippen molar-refractivity contribution in [3.63, 3.8) is 0 Å². The van der Waals surface area contributed by atoms with Gasteiger partial charge in [-0.05, 0) is 5.56 Å². The van der Waals surface area contributed by atoms with Gasteiger partial charge < -0.3 is 0 Å². The van der Waals surface area contributed by atoms with Gasteiger partial charge in [0.1, 0.15) is 0 Å². The number of carbonyl (C=O) groups excluding carboxylic acids is 3. The van der Waals surface area contributed by atoms with E-state index in [1.807, 2.05) is 13.0 Å². The number of urea groups is 1. The zero-order chi connectivity index (χ0) is 12.9. The van der Waals surface area contributed by atoms with Crippen LogP contribution in [0.4, 0.5) is 4.79 Å². The zero-order valence-corrected chi connectivity index (χ0v) is 9.84. The number of nitrogens with one attached hydrogen (secondary N) is 1. The first kappa shape index (κ1) is 11.0. The predicted molar refractivity (Wildman–Crippen MR) is 62.5 cm³/mol. The lowest BCUT2D eigenvalue weighted by Gasteiger charge is -2.32. The number of hydrogen-bond donors (Lipinski definition) is 1. The summed E-state index contributed by atoms with van der Waals surface area (Å²) in [5, 5.41) is 2.27. The first-order valence-corrected chi connectivity index (χ1v) is 5.81. The lowest BCUT2D eigenvalue weighted by molar-refractivity contribution is -0.141. The van der Waals surface area contributed by atoms with Gasteiger partial charge in [-0.15, -0.1) is 0 Å². The van der Waals surface area contributed by atoms with Crippen molar-refractivity contribution < 1.29 is 14.4 Å². The van der Waals surface area contributed by atoms with Crippen molar-refractivity contribution in [2.45, 2.75) is 12.3 Å². The van der Waals surface area contributed by atoms with Crippen molar-refractivity contribution >= 4 is 17.8 Å². The summed E-state index contributed by atoms with van der Waals surface area (Å²) < 4.78 is 0. The molecule has 2 bridgehead atoms. The van der Waals surface area contributed by atoms with Gasteiger partial charge in [0.15, 0.2) is 5.41 Å². The molecule has 2 aliphatic heterocycles. The summed E-state index contributed by atoms with van der Waals surface area (Å²) in [5.74, 6) is -1.14. The molecular formula is C13H12N2O3. The lowest BCUT2D eigenvalue weighted by Crippen LogP contribution is -2.61. The van der Waals surface area contributed by atoms with E-state index in [4.69, 9.17) is 0 Å². The minimum absolute atomic E-state index is 0.223. The molecule has 0 radical (unpaired) electrons. The van der Waals surface area contributed by atoms with E-state index in [-0.39, 0.29) is 12.5 Å². The van der Waals surface area contributed by atoms with E-state index in [0.717, 1.165) is 4.90 Å². The van der Waals surface area contributed by atoms with Crippen LogP contribution in [0, 0.1) is 5.92 Å². The first-order chi connectivity index (χ1) is 8.58. The van der Waals surface area contributed by atoms with Gasteiger partial charge in [0.25, 0.3) is 5.91 Å². The van der Waals surface area contributed by atoms with Crippen LogP contribution >= 0.6 is 0 Å². The molecule has 2 fully saturated rings. The van der Waals surface area contributed by atoms with Gasteiger partial charge in [-0.25, -0.2) is 4.79 Å². The second-order valence-corrected chi connectivity index (χ2v) is 4.75. The molecule has 0 unspecified atom stereocenters. The molecule has 2 heterocycles. The maximum Gasteiger partial charge on any atom is 0.330 e. The molecule has 4 amide bonds. The van der Waals surface area contributed by atoms with E-state index in [1.54, 1.807) is 24.3 Å². The third kappa shape index (κ3) is 1.08. The highest BCUT2D eigenvalue weighted by Gasteiger charge is 2.63. The molecule has 5 nitrogen and oxygen atoms in total. The number of hydrogen-bond acceptors (Lipinski definition) is 3. The van der Waals surface area contributed by atoms with Gasteiger partial charge in [0, 0.05) is 12.5 Å². The quantitative estimate of drug-likeness (QED) is 0.738. The third-order valence-electron chi connectivity index (χ3n) is 3.83. The Balaban J connectivity index is 2.22. The van der Waals surface area contributed by atoms with Crippen LogP contribution in [0.5, 0.6) is 0 Å². The molecule has 2 saturated heterocycles. The summed E-state index contributed by atoms with van der Waals surface area (Å²) in [6, 6.07) is 8.31. The fourth-order valence-corrected chi connectivity index (χ4v) is 2.92. The fourth-order valence-electron chi connectivity index (χ4n) is 2.92. The molecule has 2 atom stereocenters. The Morgan fingerprint density at radius 1 is 1.22 bits per heavy atom. The molecule has 5 heteroatoms. The number of benzene rings is 1. The van der Waals surface area contributed by atoms with Crippen molar-refractivity contribution in [2.24, 2.45) is 5.92 Å². The average molecular weight is 244 g/mol. The number of nitrogens with zero attached hydrogens (tertiary/aromatic N) is 1. The molecule has 92 valence electrons. The Labute approximate surface area is 104 Å². The van der Waals surface area contributed by atoms with Gasteiger partial charge >= 0.3 is 6.03 Å². The Hall–Kier alpha value is -2.17. The third-order valence-corrected chi connectivity index (χ3v) is 3.83. The van der Waals surface area contributed by atoms with E-state index in [0.29, 0.717) is 5.56 Å². The normalized spacial score (nSPS) is 30.6. The molecule has 2 aliphatic rings. The lowest BCUT2D eigenvalue weighted by atomic mass is 9.71. The van der Waals surface area contributed by atoms with Crippen molar-refractivity contribution in [1.29, 1.82) is 0 Å². The minimum atomic E-state index is -1.24. The van der Waals surface area contributed by atoms with Crippen molar-refractivity contribution in [1.82, 2.24) is 10.2 Å². The smallest absolute Gasteiger partial charge is 0.276 e. The predicted octanol–water partition coefficient (Wildman–Crippen LogP) is 0.652. The number of fused-ring (bicyclic) bond motifs is 2. The monoisotopic (exact) mass is 244 g/mol. The second kappa shape index (κ2) is 3.41. The zero-order valence-electron chi connectivity index (χ0n) is 9.84. The van der Waals surface area contributed by atoms with Crippen LogP contribution in [0.3, 0.4) is 0 Å². The molecule has 18 heavy (non-hydrogen) atoms. The van der Waals surface area contributed by atoms with E-state index in [1.165, 1.54) is 0 Å². The summed E-state index contributed by atoms with van der Waals surface area (Å²) in [6.45, 7) is 2.11. The maximum atomic E-state index is 12.4. The molecule has 3 rings (SSSR count). The summed E-state index contributed by atoms with van der Waals surface area (Å²) in [5.41, 5.74) is -0.593. The van der Waals surface area contributed by atoms with Crippen LogP contribution < -0.4 is 5.32 Å². The highest BCUT2D eigenvalue weighted by Crippen LogP contribution is 2.42. The largest absolute Gasteiger partial charge is 0.330 e. The molecular weight excluding hydrogens is 232 g/mol. The summed E-state index contributed by atoms with van der Waals surface area (Å²) in [4.78, 5) is 37.3. The van der Waals surface area contributed by atoms with E-state index < -0.39 is 23.3 Å². The molecule has 0 spiro atoms.